The van der Waals surface area contributed by atoms with Gasteiger partial charge in [-0.25, -0.2) is 8.42 Å². The minimum Gasteiger partial charge on any atom is -0.376 e. The van der Waals surface area contributed by atoms with Gasteiger partial charge in [0.05, 0.1) is 6.10 Å². The molecule has 3 fully saturated rings. The smallest absolute Gasteiger partial charge is 0.244 e. The van der Waals surface area contributed by atoms with Gasteiger partial charge in [-0.05, 0) is 69.7 Å². The molecule has 1 saturated heterocycles. The Labute approximate surface area is 156 Å². The molecule has 4 rings (SSSR count). The van der Waals surface area contributed by atoms with Gasteiger partial charge in [0, 0.05) is 38.1 Å². The van der Waals surface area contributed by atoms with Crippen LogP contribution < -0.4 is 0 Å². The van der Waals surface area contributed by atoms with Gasteiger partial charge in [-0.2, -0.15) is 4.31 Å². The van der Waals surface area contributed by atoms with Crippen LogP contribution in [0.3, 0.4) is 0 Å². The third-order valence-corrected chi connectivity index (χ3v) is 8.04. The molecule has 1 aromatic rings. The van der Waals surface area contributed by atoms with Gasteiger partial charge >= 0.3 is 0 Å². The Hall–Kier alpha value is -1.02. The van der Waals surface area contributed by atoms with Gasteiger partial charge in [0.1, 0.15) is 4.90 Å². The number of aromatic nitrogens is 1. The molecule has 3 aliphatic rings. The molecular weight excluding hydrogens is 350 g/mol. The first-order valence-electron chi connectivity index (χ1n) is 9.63. The number of hydrogen-bond donors (Lipinski definition) is 0. The maximum Gasteiger partial charge on any atom is 0.244 e. The Morgan fingerprint density at radius 3 is 2.58 bits per heavy atom. The van der Waals surface area contributed by atoms with Crippen molar-refractivity contribution in [2.24, 2.45) is 17.8 Å². The van der Waals surface area contributed by atoms with Crippen LogP contribution in [0, 0.1) is 17.8 Å². The highest BCUT2D eigenvalue weighted by atomic mass is 32.2. The Kier molecular flexibility index (Phi) is 5.07. The summed E-state index contributed by atoms with van der Waals surface area (Å²) in [5.41, 5.74) is 0. The number of fused-ring (bicyclic) bond motifs is 1. The van der Waals surface area contributed by atoms with Crippen LogP contribution in [-0.4, -0.2) is 68.5 Å². The van der Waals surface area contributed by atoms with Crippen molar-refractivity contribution in [3.63, 3.8) is 0 Å². The van der Waals surface area contributed by atoms with E-state index in [2.05, 4.69) is 24.0 Å². The monoisotopic (exact) mass is 379 g/mol. The Morgan fingerprint density at radius 2 is 1.96 bits per heavy atom. The van der Waals surface area contributed by atoms with E-state index in [9.17, 15) is 8.42 Å². The molecule has 2 aliphatic carbocycles. The zero-order valence-electron chi connectivity index (χ0n) is 15.6. The molecule has 2 saturated carbocycles. The highest BCUT2D eigenvalue weighted by Crippen LogP contribution is 2.41. The number of pyridine rings is 1. The van der Waals surface area contributed by atoms with Crippen molar-refractivity contribution in [2.75, 3.05) is 33.8 Å². The molecule has 0 unspecified atom stereocenters. The number of sulfonamides is 1. The summed E-state index contributed by atoms with van der Waals surface area (Å²) >= 11 is 0. The molecule has 7 heteroatoms. The summed E-state index contributed by atoms with van der Waals surface area (Å²) in [5, 5.41) is 0. The molecular formula is C19H29N3O3S. The minimum atomic E-state index is -3.45. The number of likely N-dealkylation sites (N-methyl/N-ethyl adjacent to an activating group) is 1. The minimum absolute atomic E-state index is 0.216. The summed E-state index contributed by atoms with van der Waals surface area (Å²) in [6.07, 6.45) is 7.82. The van der Waals surface area contributed by atoms with Crippen LogP contribution >= 0.6 is 0 Å². The van der Waals surface area contributed by atoms with Crippen molar-refractivity contribution in [1.82, 2.24) is 14.2 Å². The topological polar surface area (TPSA) is 62.7 Å². The summed E-state index contributed by atoms with van der Waals surface area (Å²) in [6.45, 7) is 2.08. The number of nitrogens with zero attached hydrogens (tertiary/aromatic N) is 3. The molecule has 4 atom stereocenters. The molecule has 0 N–H and O–H groups in total. The van der Waals surface area contributed by atoms with Crippen LogP contribution in [0.2, 0.25) is 0 Å². The van der Waals surface area contributed by atoms with Crippen LogP contribution in [0.25, 0.3) is 0 Å². The number of ether oxygens (including phenoxy) is 1. The van der Waals surface area contributed by atoms with E-state index < -0.39 is 10.0 Å². The van der Waals surface area contributed by atoms with E-state index in [1.54, 1.807) is 22.6 Å². The van der Waals surface area contributed by atoms with Crippen LogP contribution in [0.1, 0.15) is 25.7 Å². The van der Waals surface area contributed by atoms with Gasteiger partial charge < -0.3 is 9.64 Å². The van der Waals surface area contributed by atoms with Crippen molar-refractivity contribution in [2.45, 2.75) is 42.7 Å². The van der Waals surface area contributed by atoms with E-state index in [1.165, 1.54) is 19.0 Å². The average molecular weight is 380 g/mol. The first-order chi connectivity index (χ1) is 12.4. The standard InChI is InChI=1S/C19H29N3O3S/c1-21(2)18-8-15-11-22(26(23,24)17-4-3-7-20-10-17)12-16(15)9-19(18)25-13-14-5-6-14/h3-4,7,10,14-16,18-19H,5-6,8-9,11-13H2,1-2H3/t15-,16+,18-,19-/m1/s1. The zero-order chi connectivity index (χ0) is 18.3. The molecule has 26 heavy (non-hydrogen) atoms. The van der Waals surface area contributed by atoms with Gasteiger partial charge in [0.15, 0.2) is 0 Å². The van der Waals surface area contributed by atoms with Crippen molar-refractivity contribution < 1.29 is 13.2 Å². The normalized spacial score (nSPS) is 32.7. The van der Waals surface area contributed by atoms with E-state index in [-0.39, 0.29) is 6.10 Å². The van der Waals surface area contributed by atoms with Crippen LogP contribution in [0.4, 0.5) is 0 Å². The van der Waals surface area contributed by atoms with Crippen LogP contribution in [0.15, 0.2) is 29.4 Å². The lowest BCUT2D eigenvalue weighted by Gasteiger charge is -2.41. The fourth-order valence-corrected chi connectivity index (χ4v) is 5.98. The number of rotatable bonds is 6. The van der Waals surface area contributed by atoms with E-state index >= 15 is 0 Å². The predicted molar refractivity (Wildman–Crippen MR) is 99.1 cm³/mol. The summed E-state index contributed by atoms with van der Waals surface area (Å²) in [7, 11) is 0.766. The highest BCUT2D eigenvalue weighted by molar-refractivity contribution is 7.89. The number of hydrogen-bond acceptors (Lipinski definition) is 5. The van der Waals surface area contributed by atoms with Crippen molar-refractivity contribution in [1.29, 1.82) is 0 Å². The first kappa shape index (κ1) is 18.3. The van der Waals surface area contributed by atoms with E-state index in [4.69, 9.17) is 4.74 Å². The van der Waals surface area contributed by atoms with Crippen LogP contribution in [0.5, 0.6) is 0 Å². The molecule has 1 aromatic heterocycles. The average Bonchev–Trinajstić information content (AvgIpc) is 3.36. The predicted octanol–water partition coefficient (Wildman–Crippen LogP) is 1.84. The lowest BCUT2D eigenvalue weighted by Crippen LogP contribution is -2.48. The molecule has 0 spiro atoms. The first-order valence-corrected chi connectivity index (χ1v) is 11.1. The quantitative estimate of drug-likeness (QED) is 0.755. The Balaban J connectivity index is 1.47. The van der Waals surface area contributed by atoms with Gasteiger partial charge in [-0.15, -0.1) is 0 Å². The molecule has 0 bridgehead atoms. The van der Waals surface area contributed by atoms with Gasteiger partial charge in [0.2, 0.25) is 10.0 Å². The summed E-state index contributed by atoms with van der Waals surface area (Å²) in [4.78, 5) is 6.53. The summed E-state index contributed by atoms with van der Waals surface area (Å²) < 4.78 is 33.8. The second-order valence-corrected chi connectivity index (χ2v) is 10.3. The van der Waals surface area contributed by atoms with Crippen molar-refractivity contribution >= 4 is 10.0 Å². The lowest BCUT2D eigenvalue weighted by molar-refractivity contribution is -0.0493. The third-order valence-electron chi connectivity index (χ3n) is 6.23. The van der Waals surface area contributed by atoms with Crippen molar-refractivity contribution in [3.8, 4) is 0 Å². The fraction of sp³-hybridized carbons (Fsp3) is 0.737. The Morgan fingerprint density at radius 1 is 1.23 bits per heavy atom. The maximum atomic E-state index is 12.9. The van der Waals surface area contributed by atoms with Gasteiger partial charge in [-0.1, -0.05) is 0 Å². The highest BCUT2D eigenvalue weighted by Gasteiger charge is 2.46. The molecule has 0 aromatic carbocycles. The second-order valence-electron chi connectivity index (χ2n) is 8.35. The molecule has 1 aliphatic heterocycles. The van der Waals surface area contributed by atoms with Crippen LogP contribution in [-0.2, 0) is 14.8 Å². The SMILES string of the molecule is CN(C)[C@@H]1C[C@@H]2CN(S(=O)(=O)c3cccnc3)C[C@@H]2C[C@H]1OCC1CC1. The Bertz CT molecular complexity index is 721. The molecule has 2 heterocycles. The third kappa shape index (κ3) is 3.67. The molecule has 144 valence electrons. The van der Waals surface area contributed by atoms with Gasteiger partial charge in [-0.3, -0.25) is 4.98 Å². The van der Waals surface area contributed by atoms with E-state index in [0.717, 1.165) is 25.4 Å². The summed E-state index contributed by atoms with van der Waals surface area (Å²) in [6, 6.07) is 3.69. The maximum absolute atomic E-state index is 12.9. The van der Waals surface area contributed by atoms with Gasteiger partial charge in [0.25, 0.3) is 0 Å². The second kappa shape index (κ2) is 7.19. The molecule has 0 amide bonds. The summed E-state index contributed by atoms with van der Waals surface area (Å²) in [5.74, 6) is 1.55. The zero-order valence-corrected chi connectivity index (χ0v) is 16.4. The van der Waals surface area contributed by atoms with E-state index in [1.807, 2.05) is 0 Å². The largest absolute Gasteiger partial charge is 0.376 e. The lowest BCUT2D eigenvalue weighted by atomic mass is 9.77. The van der Waals surface area contributed by atoms with E-state index in [0.29, 0.717) is 35.9 Å². The van der Waals surface area contributed by atoms with Crippen molar-refractivity contribution in [3.05, 3.63) is 24.5 Å². The fourth-order valence-electron chi connectivity index (χ4n) is 4.46. The molecule has 0 radical (unpaired) electrons. The molecule has 6 nitrogen and oxygen atoms in total.